The number of carbonyl (C=O) groups excluding carboxylic acids is 2. The van der Waals surface area contributed by atoms with Crippen LogP contribution < -0.4 is 14.8 Å². The zero-order chi connectivity index (χ0) is 20.7. The molecule has 0 radical (unpaired) electrons. The molecule has 0 aliphatic carbocycles. The predicted molar refractivity (Wildman–Crippen MR) is 105 cm³/mol. The highest BCUT2D eigenvalue weighted by Gasteiger charge is 2.21. The second-order valence-corrected chi connectivity index (χ2v) is 7.32. The molecule has 8 nitrogen and oxygen atoms in total. The summed E-state index contributed by atoms with van der Waals surface area (Å²) in [5, 5.41) is 2.63. The first-order valence-electron chi connectivity index (χ1n) is 8.59. The lowest BCUT2D eigenvalue weighted by molar-refractivity contribution is -0.115. The van der Waals surface area contributed by atoms with Crippen LogP contribution in [0.15, 0.2) is 47.4 Å². The maximum absolute atomic E-state index is 12.8. The number of carbonyl (C=O) groups is 2. The average Bonchev–Trinajstić information content (AvgIpc) is 2.68. The molecule has 0 fully saturated rings. The first-order valence-corrected chi connectivity index (χ1v) is 10.1. The fourth-order valence-electron chi connectivity index (χ4n) is 2.36. The summed E-state index contributed by atoms with van der Waals surface area (Å²) in [5.74, 6) is -0.585. The Balaban J connectivity index is 2.42. The maximum Gasteiger partial charge on any atom is 0.339 e. The monoisotopic (exact) mass is 406 g/mol. The highest BCUT2D eigenvalue weighted by Crippen LogP contribution is 2.29. The van der Waals surface area contributed by atoms with Gasteiger partial charge in [0.1, 0.15) is 5.75 Å². The number of hydrogen-bond acceptors (Lipinski definition) is 6. The molecule has 9 heteroatoms. The van der Waals surface area contributed by atoms with E-state index in [1.54, 1.807) is 26.0 Å². The summed E-state index contributed by atoms with van der Waals surface area (Å²) < 4.78 is 38.2. The number of amides is 1. The second kappa shape index (κ2) is 9.23. The van der Waals surface area contributed by atoms with E-state index in [0.717, 1.165) is 0 Å². The van der Waals surface area contributed by atoms with Gasteiger partial charge in [-0.2, -0.15) is 0 Å². The Labute approximate surface area is 163 Å². The molecule has 0 atom stereocenters. The number of methoxy groups -OCH3 is 1. The van der Waals surface area contributed by atoms with E-state index < -0.39 is 16.0 Å². The number of benzene rings is 2. The van der Waals surface area contributed by atoms with Gasteiger partial charge < -0.3 is 14.8 Å². The van der Waals surface area contributed by atoms with Gasteiger partial charge in [-0.15, -0.1) is 0 Å². The van der Waals surface area contributed by atoms with E-state index in [2.05, 4.69) is 14.8 Å². The number of ether oxygens (including phenoxy) is 2. The molecule has 2 aromatic carbocycles. The van der Waals surface area contributed by atoms with Crippen LogP contribution in [-0.4, -0.2) is 34.0 Å². The first-order chi connectivity index (χ1) is 13.3. The number of anilines is 2. The van der Waals surface area contributed by atoms with Crippen molar-refractivity contribution in [3.8, 4) is 5.75 Å². The van der Waals surface area contributed by atoms with Crippen LogP contribution in [0.2, 0.25) is 0 Å². The number of rotatable bonds is 8. The second-order valence-electron chi connectivity index (χ2n) is 5.64. The molecule has 0 aromatic heterocycles. The van der Waals surface area contributed by atoms with Gasteiger partial charge in [-0.25, -0.2) is 13.2 Å². The van der Waals surface area contributed by atoms with Crippen LogP contribution in [0.25, 0.3) is 0 Å². The van der Waals surface area contributed by atoms with Crippen molar-refractivity contribution in [3.63, 3.8) is 0 Å². The van der Waals surface area contributed by atoms with Gasteiger partial charge in [-0.3, -0.25) is 9.52 Å². The Bertz CT molecular complexity index is 972. The Morgan fingerprint density at radius 3 is 2.39 bits per heavy atom. The largest absolute Gasteiger partial charge is 0.492 e. The van der Waals surface area contributed by atoms with E-state index >= 15 is 0 Å². The third-order valence-electron chi connectivity index (χ3n) is 3.73. The first kappa shape index (κ1) is 21.2. The number of esters is 1. The highest BCUT2D eigenvalue weighted by molar-refractivity contribution is 7.92. The molecule has 0 saturated carbocycles. The molecule has 0 spiro atoms. The van der Waals surface area contributed by atoms with Crippen molar-refractivity contribution in [3.05, 3.63) is 48.0 Å². The summed E-state index contributed by atoms with van der Waals surface area (Å²) in [6, 6.07) is 10.2. The summed E-state index contributed by atoms with van der Waals surface area (Å²) >= 11 is 0. The van der Waals surface area contributed by atoms with Crippen LogP contribution in [-0.2, 0) is 19.6 Å². The van der Waals surface area contributed by atoms with E-state index in [0.29, 0.717) is 12.4 Å². The minimum Gasteiger partial charge on any atom is -0.492 e. The molecule has 0 aliphatic heterocycles. The van der Waals surface area contributed by atoms with Crippen LogP contribution in [0.3, 0.4) is 0 Å². The molecule has 0 aliphatic rings. The van der Waals surface area contributed by atoms with E-state index in [1.807, 2.05) is 0 Å². The Morgan fingerprint density at radius 2 is 1.75 bits per heavy atom. The van der Waals surface area contributed by atoms with Crippen molar-refractivity contribution < 1.29 is 27.5 Å². The number of para-hydroxylation sites is 1. The Kier molecular flexibility index (Phi) is 7.00. The van der Waals surface area contributed by atoms with Crippen LogP contribution >= 0.6 is 0 Å². The normalized spacial score (nSPS) is 10.8. The maximum atomic E-state index is 12.8. The molecule has 2 aromatic rings. The summed E-state index contributed by atoms with van der Waals surface area (Å²) in [4.78, 5) is 23.5. The average molecular weight is 406 g/mol. The minimum atomic E-state index is -4.04. The van der Waals surface area contributed by atoms with Gasteiger partial charge in [-0.05, 0) is 37.3 Å². The third kappa shape index (κ3) is 5.01. The number of hydrogen-bond donors (Lipinski definition) is 2. The van der Waals surface area contributed by atoms with Crippen molar-refractivity contribution in [1.29, 1.82) is 0 Å². The van der Waals surface area contributed by atoms with Crippen molar-refractivity contribution >= 4 is 33.3 Å². The molecular formula is C19H22N2O6S. The van der Waals surface area contributed by atoms with E-state index in [1.165, 1.54) is 37.4 Å². The molecule has 0 bridgehead atoms. The van der Waals surface area contributed by atoms with Crippen LogP contribution in [0.1, 0.15) is 30.6 Å². The minimum absolute atomic E-state index is 0.0824. The topological polar surface area (TPSA) is 111 Å². The van der Waals surface area contributed by atoms with Crippen molar-refractivity contribution in [1.82, 2.24) is 0 Å². The molecule has 28 heavy (non-hydrogen) atoms. The van der Waals surface area contributed by atoms with Crippen LogP contribution in [0.4, 0.5) is 11.4 Å². The standard InChI is InChI=1S/C19H22N2O6S/c1-4-18(22)20-16-12-13(10-11-17(16)27-5-2)28(24,25)21-15-9-7-6-8-14(15)19(23)26-3/h6-12,21H,4-5H2,1-3H3,(H,20,22). The molecule has 0 saturated heterocycles. The fourth-order valence-corrected chi connectivity index (χ4v) is 3.46. The van der Waals surface area contributed by atoms with E-state index in [4.69, 9.17) is 4.74 Å². The van der Waals surface area contributed by atoms with Gasteiger partial charge in [0.25, 0.3) is 10.0 Å². The van der Waals surface area contributed by atoms with Gasteiger partial charge in [0.15, 0.2) is 0 Å². The fraction of sp³-hybridized carbons (Fsp3) is 0.263. The van der Waals surface area contributed by atoms with E-state index in [-0.39, 0.29) is 34.2 Å². The molecular weight excluding hydrogens is 384 g/mol. The third-order valence-corrected chi connectivity index (χ3v) is 5.10. The lowest BCUT2D eigenvalue weighted by atomic mass is 10.2. The number of sulfonamides is 1. The van der Waals surface area contributed by atoms with Gasteiger partial charge in [0, 0.05) is 6.42 Å². The van der Waals surface area contributed by atoms with Gasteiger partial charge >= 0.3 is 5.97 Å². The lowest BCUT2D eigenvalue weighted by Gasteiger charge is -2.15. The summed E-state index contributed by atoms with van der Waals surface area (Å²) in [6.45, 7) is 3.81. The van der Waals surface area contributed by atoms with Crippen LogP contribution in [0, 0.1) is 0 Å². The molecule has 2 N–H and O–H groups in total. The lowest BCUT2D eigenvalue weighted by Crippen LogP contribution is -2.17. The smallest absolute Gasteiger partial charge is 0.339 e. The van der Waals surface area contributed by atoms with Gasteiger partial charge in [0.05, 0.1) is 35.6 Å². The summed E-state index contributed by atoms with van der Waals surface area (Å²) in [7, 11) is -2.83. The zero-order valence-corrected chi connectivity index (χ0v) is 16.6. The SMILES string of the molecule is CCOc1ccc(S(=O)(=O)Nc2ccccc2C(=O)OC)cc1NC(=O)CC. The molecule has 1 amide bonds. The number of nitrogens with one attached hydrogen (secondary N) is 2. The summed E-state index contributed by atoms with van der Waals surface area (Å²) in [5.41, 5.74) is 0.416. The van der Waals surface area contributed by atoms with E-state index in [9.17, 15) is 18.0 Å². The van der Waals surface area contributed by atoms with Crippen LogP contribution in [0.5, 0.6) is 5.75 Å². The van der Waals surface area contributed by atoms with Crippen molar-refractivity contribution in [2.75, 3.05) is 23.8 Å². The Hall–Kier alpha value is -3.07. The molecule has 0 unspecified atom stereocenters. The molecule has 150 valence electrons. The highest BCUT2D eigenvalue weighted by atomic mass is 32.2. The van der Waals surface area contributed by atoms with Gasteiger partial charge in [-0.1, -0.05) is 19.1 Å². The van der Waals surface area contributed by atoms with Crippen molar-refractivity contribution in [2.45, 2.75) is 25.2 Å². The summed E-state index contributed by atoms with van der Waals surface area (Å²) in [6.07, 6.45) is 0.229. The van der Waals surface area contributed by atoms with Gasteiger partial charge in [0.2, 0.25) is 5.91 Å². The molecule has 2 rings (SSSR count). The quantitative estimate of drug-likeness (QED) is 0.652. The zero-order valence-electron chi connectivity index (χ0n) is 15.8. The predicted octanol–water partition coefficient (Wildman–Crippen LogP) is 3.02. The van der Waals surface area contributed by atoms with Crippen molar-refractivity contribution in [2.24, 2.45) is 0 Å². The molecule has 0 heterocycles. The Morgan fingerprint density at radius 1 is 1.04 bits per heavy atom.